The molecule has 0 radical (unpaired) electrons. The molecule has 0 bridgehead atoms. The van der Waals surface area contributed by atoms with Gasteiger partial charge in [-0.3, -0.25) is 4.90 Å². The molecule has 1 aliphatic rings. The minimum atomic E-state index is -0.553. The van der Waals surface area contributed by atoms with Gasteiger partial charge in [-0.25, -0.2) is 0 Å². The van der Waals surface area contributed by atoms with Crippen LogP contribution in [0.15, 0.2) is 0 Å². The van der Waals surface area contributed by atoms with Crippen LogP contribution < -0.4 is 0 Å². The highest BCUT2D eigenvalue weighted by molar-refractivity contribution is 7.99. The third-order valence-electron chi connectivity index (χ3n) is 2.67. The highest BCUT2D eigenvalue weighted by Crippen LogP contribution is 2.05. The van der Waals surface area contributed by atoms with Gasteiger partial charge in [0, 0.05) is 44.2 Å². The SMILES string of the molecule is CN1CCN(CCSCC(O)CO)CC1. The van der Waals surface area contributed by atoms with E-state index in [9.17, 15) is 0 Å². The van der Waals surface area contributed by atoms with E-state index in [4.69, 9.17) is 10.2 Å². The number of rotatable bonds is 6. The molecule has 0 amide bonds. The van der Waals surface area contributed by atoms with E-state index in [2.05, 4.69) is 16.8 Å². The van der Waals surface area contributed by atoms with E-state index >= 15 is 0 Å². The highest BCUT2D eigenvalue weighted by atomic mass is 32.2. The van der Waals surface area contributed by atoms with E-state index in [1.54, 1.807) is 11.8 Å². The van der Waals surface area contributed by atoms with Crippen molar-refractivity contribution >= 4 is 11.8 Å². The molecule has 0 aliphatic carbocycles. The highest BCUT2D eigenvalue weighted by Gasteiger charge is 2.12. The normalized spacial score (nSPS) is 21.8. The third-order valence-corrected chi connectivity index (χ3v) is 3.76. The molecule has 15 heavy (non-hydrogen) atoms. The fraction of sp³-hybridized carbons (Fsp3) is 1.00. The van der Waals surface area contributed by atoms with Gasteiger partial charge < -0.3 is 15.1 Å². The third kappa shape index (κ3) is 5.73. The molecule has 1 heterocycles. The van der Waals surface area contributed by atoms with Crippen LogP contribution in [0.4, 0.5) is 0 Å². The summed E-state index contributed by atoms with van der Waals surface area (Å²) in [4.78, 5) is 4.80. The molecule has 1 aliphatic heterocycles. The number of hydrogen-bond acceptors (Lipinski definition) is 5. The first-order chi connectivity index (χ1) is 7.22. The average Bonchev–Trinajstić information content (AvgIpc) is 2.26. The fourth-order valence-electron chi connectivity index (χ4n) is 1.54. The maximum absolute atomic E-state index is 9.14. The molecule has 1 unspecified atom stereocenters. The standard InChI is InChI=1S/C10H22N2O2S/c1-11-2-4-12(5-3-11)6-7-15-9-10(14)8-13/h10,13-14H,2-9H2,1H3. The molecule has 4 nitrogen and oxygen atoms in total. The van der Waals surface area contributed by atoms with Gasteiger partial charge in [0.1, 0.15) is 0 Å². The van der Waals surface area contributed by atoms with Crippen molar-refractivity contribution < 1.29 is 10.2 Å². The van der Waals surface area contributed by atoms with Crippen LogP contribution in [0.25, 0.3) is 0 Å². The van der Waals surface area contributed by atoms with Crippen LogP contribution in [0.1, 0.15) is 0 Å². The summed E-state index contributed by atoms with van der Waals surface area (Å²) in [5.74, 6) is 1.69. The first-order valence-corrected chi connectivity index (χ1v) is 6.65. The summed E-state index contributed by atoms with van der Waals surface area (Å²) in [6, 6.07) is 0. The summed E-state index contributed by atoms with van der Waals surface area (Å²) in [6.45, 7) is 5.59. The summed E-state index contributed by atoms with van der Waals surface area (Å²) >= 11 is 1.72. The molecule has 2 N–H and O–H groups in total. The molecule has 0 aromatic heterocycles. The van der Waals surface area contributed by atoms with E-state index < -0.39 is 6.10 Å². The van der Waals surface area contributed by atoms with Crippen LogP contribution in [0, 0.1) is 0 Å². The Morgan fingerprint density at radius 3 is 2.53 bits per heavy atom. The Balaban J connectivity index is 1.96. The molecule has 1 saturated heterocycles. The van der Waals surface area contributed by atoms with E-state index in [-0.39, 0.29) is 6.61 Å². The predicted molar refractivity (Wildman–Crippen MR) is 64.4 cm³/mol. The van der Waals surface area contributed by atoms with E-state index in [1.807, 2.05) is 0 Å². The molecule has 0 spiro atoms. The van der Waals surface area contributed by atoms with Crippen LogP contribution in [0.2, 0.25) is 0 Å². The zero-order valence-electron chi connectivity index (χ0n) is 9.43. The second-order valence-electron chi connectivity index (χ2n) is 4.06. The quantitative estimate of drug-likeness (QED) is 0.596. The summed E-state index contributed by atoms with van der Waals surface area (Å²) in [7, 11) is 2.16. The van der Waals surface area contributed by atoms with Gasteiger partial charge in [0.05, 0.1) is 12.7 Å². The first kappa shape index (κ1) is 13.3. The molecule has 90 valence electrons. The minimum absolute atomic E-state index is 0.124. The Morgan fingerprint density at radius 1 is 1.27 bits per heavy atom. The largest absolute Gasteiger partial charge is 0.394 e. The number of piperazine rings is 1. The van der Waals surface area contributed by atoms with Gasteiger partial charge in [-0.1, -0.05) is 0 Å². The monoisotopic (exact) mass is 234 g/mol. The summed E-state index contributed by atoms with van der Waals surface area (Å²) in [6.07, 6.45) is -0.553. The molecule has 1 fully saturated rings. The molecule has 0 saturated carbocycles. The minimum Gasteiger partial charge on any atom is -0.394 e. The number of hydrogen-bond donors (Lipinski definition) is 2. The van der Waals surface area contributed by atoms with Gasteiger partial charge in [0.2, 0.25) is 0 Å². The molecular weight excluding hydrogens is 212 g/mol. The first-order valence-electron chi connectivity index (χ1n) is 5.50. The smallest absolute Gasteiger partial charge is 0.0861 e. The van der Waals surface area contributed by atoms with Crippen LogP contribution in [-0.2, 0) is 0 Å². The van der Waals surface area contributed by atoms with E-state index in [0.29, 0.717) is 5.75 Å². The Bertz CT molecular complexity index is 164. The Morgan fingerprint density at radius 2 is 1.93 bits per heavy atom. The van der Waals surface area contributed by atoms with Gasteiger partial charge in [0.15, 0.2) is 0 Å². The van der Waals surface area contributed by atoms with Crippen LogP contribution >= 0.6 is 11.8 Å². The van der Waals surface area contributed by atoms with E-state index in [0.717, 1.165) is 38.5 Å². The molecule has 0 aromatic carbocycles. The average molecular weight is 234 g/mol. The number of likely N-dealkylation sites (N-methyl/N-ethyl adjacent to an activating group) is 1. The predicted octanol–water partition coefficient (Wildman–Crippen LogP) is -0.680. The topological polar surface area (TPSA) is 46.9 Å². The molecule has 0 aromatic rings. The number of aliphatic hydroxyl groups excluding tert-OH is 2. The van der Waals surface area contributed by atoms with Gasteiger partial charge in [-0.05, 0) is 7.05 Å². The zero-order valence-corrected chi connectivity index (χ0v) is 10.2. The van der Waals surface area contributed by atoms with Crippen LogP contribution in [0.5, 0.6) is 0 Å². The number of thioether (sulfide) groups is 1. The van der Waals surface area contributed by atoms with E-state index in [1.165, 1.54) is 0 Å². The van der Waals surface area contributed by atoms with Gasteiger partial charge in [-0.2, -0.15) is 11.8 Å². The second-order valence-corrected chi connectivity index (χ2v) is 5.21. The molecule has 1 rings (SSSR count). The lowest BCUT2D eigenvalue weighted by Gasteiger charge is -2.32. The lowest BCUT2D eigenvalue weighted by Crippen LogP contribution is -2.45. The summed E-state index contributed by atoms with van der Waals surface area (Å²) in [5, 5.41) is 17.8. The van der Waals surface area contributed by atoms with Crippen LogP contribution in [0.3, 0.4) is 0 Å². The summed E-state index contributed by atoms with van der Waals surface area (Å²) in [5.41, 5.74) is 0. The maximum atomic E-state index is 9.14. The van der Waals surface area contributed by atoms with Crippen molar-refractivity contribution in [2.45, 2.75) is 6.10 Å². The molecule has 1 atom stereocenters. The second kappa shape index (κ2) is 7.46. The van der Waals surface area contributed by atoms with Crippen molar-refractivity contribution in [2.24, 2.45) is 0 Å². The van der Waals surface area contributed by atoms with Gasteiger partial charge >= 0.3 is 0 Å². The van der Waals surface area contributed by atoms with Crippen molar-refractivity contribution in [2.75, 3.05) is 57.9 Å². The van der Waals surface area contributed by atoms with Crippen molar-refractivity contribution in [3.63, 3.8) is 0 Å². The zero-order chi connectivity index (χ0) is 11.1. The van der Waals surface area contributed by atoms with Gasteiger partial charge in [0.25, 0.3) is 0 Å². The Hall–Kier alpha value is 0.190. The van der Waals surface area contributed by atoms with Crippen molar-refractivity contribution in [3.05, 3.63) is 0 Å². The Labute approximate surface area is 96.2 Å². The van der Waals surface area contributed by atoms with Crippen molar-refractivity contribution in [3.8, 4) is 0 Å². The lowest BCUT2D eigenvalue weighted by atomic mass is 10.3. The Kier molecular flexibility index (Phi) is 6.59. The maximum Gasteiger partial charge on any atom is 0.0861 e. The van der Waals surface area contributed by atoms with Gasteiger partial charge in [-0.15, -0.1) is 0 Å². The summed E-state index contributed by atoms with van der Waals surface area (Å²) < 4.78 is 0. The van der Waals surface area contributed by atoms with Crippen molar-refractivity contribution in [1.29, 1.82) is 0 Å². The number of nitrogens with zero attached hydrogens (tertiary/aromatic N) is 2. The van der Waals surface area contributed by atoms with Crippen molar-refractivity contribution in [1.82, 2.24) is 9.80 Å². The van der Waals surface area contributed by atoms with Crippen LogP contribution in [-0.4, -0.2) is 84.0 Å². The lowest BCUT2D eigenvalue weighted by molar-refractivity contribution is 0.113. The number of aliphatic hydroxyl groups is 2. The fourth-order valence-corrected chi connectivity index (χ4v) is 2.47. The molecule has 5 heteroatoms. The molecular formula is C10H22N2O2S.